The van der Waals surface area contributed by atoms with Gasteiger partial charge in [-0.3, -0.25) is 19.3 Å². The third-order valence-electron chi connectivity index (χ3n) is 5.21. The summed E-state index contributed by atoms with van der Waals surface area (Å²) in [5.41, 5.74) is 3.18. The average Bonchev–Trinajstić information content (AvgIpc) is 3.00. The molecule has 0 aliphatic heterocycles. The maximum absolute atomic E-state index is 13.4. The number of carbonyl (C=O) groups is 2. The molecule has 168 valence electrons. The minimum absolute atomic E-state index is 0.0986. The number of anilines is 1. The van der Waals surface area contributed by atoms with Gasteiger partial charge in [-0.1, -0.05) is 0 Å². The van der Waals surface area contributed by atoms with E-state index >= 15 is 0 Å². The number of amides is 2. The summed E-state index contributed by atoms with van der Waals surface area (Å²) in [4.78, 5) is 27.8. The smallest absolute Gasteiger partial charge is 0.364 e. The Bertz CT molecular complexity index is 992. The number of halogens is 5. The second kappa shape index (κ2) is 8.23. The van der Waals surface area contributed by atoms with Crippen LogP contribution in [0.25, 0.3) is 0 Å². The molecule has 0 unspecified atom stereocenters. The quantitative estimate of drug-likeness (QED) is 0.684. The number of nitrogens with zero attached hydrogens (tertiary/aromatic N) is 3. The Morgan fingerprint density at radius 1 is 1.29 bits per heavy atom. The van der Waals surface area contributed by atoms with Crippen molar-refractivity contribution in [1.82, 2.24) is 14.8 Å². The highest BCUT2D eigenvalue weighted by Crippen LogP contribution is 2.38. The van der Waals surface area contributed by atoms with Gasteiger partial charge in [0.2, 0.25) is 5.92 Å². The molecule has 2 aromatic heterocycles. The van der Waals surface area contributed by atoms with E-state index in [1.54, 1.807) is 0 Å². The standard InChI is InChI=1S/C19H20F5N5O2/c1-10-14(17(31)27-12-4-7-26-13(8-12)16(25)30)29(28-15(10)19(22,23)24)9-11-2-5-18(20,21)6-3-11/h4,7-8,11H,2-3,5-6,9H2,1H3,(H2,25,30)(H,26,27,31). The molecule has 31 heavy (non-hydrogen) atoms. The summed E-state index contributed by atoms with van der Waals surface area (Å²) < 4.78 is 67.9. The van der Waals surface area contributed by atoms with Gasteiger partial charge in [0.05, 0.1) is 0 Å². The summed E-state index contributed by atoms with van der Waals surface area (Å²) in [6, 6.07) is 2.53. The molecule has 2 heterocycles. The maximum Gasteiger partial charge on any atom is 0.435 e. The number of nitrogens with two attached hydrogens (primary N) is 1. The molecule has 1 aliphatic carbocycles. The van der Waals surface area contributed by atoms with Crippen molar-refractivity contribution in [3.05, 3.63) is 41.0 Å². The van der Waals surface area contributed by atoms with Gasteiger partial charge in [-0.2, -0.15) is 18.3 Å². The van der Waals surface area contributed by atoms with Gasteiger partial charge >= 0.3 is 6.18 Å². The number of rotatable bonds is 5. The van der Waals surface area contributed by atoms with Crippen molar-refractivity contribution < 1.29 is 31.5 Å². The van der Waals surface area contributed by atoms with Gasteiger partial charge < -0.3 is 11.1 Å². The largest absolute Gasteiger partial charge is 0.435 e. The first-order valence-electron chi connectivity index (χ1n) is 9.47. The van der Waals surface area contributed by atoms with E-state index in [4.69, 9.17) is 5.73 Å². The van der Waals surface area contributed by atoms with Crippen molar-refractivity contribution in [3.8, 4) is 0 Å². The van der Waals surface area contributed by atoms with Crippen LogP contribution in [0.5, 0.6) is 0 Å². The first kappa shape index (κ1) is 22.6. The molecule has 2 aromatic rings. The van der Waals surface area contributed by atoms with Crippen LogP contribution in [0.15, 0.2) is 18.3 Å². The summed E-state index contributed by atoms with van der Waals surface area (Å²) >= 11 is 0. The molecule has 0 aromatic carbocycles. The summed E-state index contributed by atoms with van der Waals surface area (Å²) in [5.74, 6) is -4.85. The summed E-state index contributed by atoms with van der Waals surface area (Å²) in [7, 11) is 0. The van der Waals surface area contributed by atoms with E-state index in [2.05, 4.69) is 15.4 Å². The van der Waals surface area contributed by atoms with E-state index in [1.165, 1.54) is 18.3 Å². The van der Waals surface area contributed by atoms with Gasteiger partial charge in [-0.25, -0.2) is 8.78 Å². The predicted octanol–water partition coefficient (Wildman–Crippen LogP) is 3.78. The second-order valence-corrected chi connectivity index (χ2v) is 7.55. The predicted molar refractivity (Wildman–Crippen MR) is 99.6 cm³/mol. The van der Waals surface area contributed by atoms with E-state index in [9.17, 15) is 31.5 Å². The molecular weight excluding hydrogens is 425 g/mol. The van der Waals surface area contributed by atoms with Crippen LogP contribution in [0, 0.1) is 12.8 Å². The van der Waals surface area contributed by atoms with Crippen LogP contribution < -0.4 is 11.1 Å². The number of hydrogen-bond donors (Lipinski definition) is 2. The lowest BCUT2D eigenvalue weighted by Crippen LogP contribution is -2.28. The molecule has 0 saturated heterocycles. The topological polar surface area (TPSA) is 103 Å². The zero-order valence-corrected chi connectivity index (χ0v) is 16.5. The average molecular weight is 445 g/mol. The van der Waals surface area contributed by atoms with Gasteiger partial charge in [0.1, 0.15) is 11.4 Å². The first-order chi connectivity index (χ1) is 14.4. The van der Waals surface area contributed by atoms with E-state index in [1.807, 2.05) is 0 Å². The molecule has 3 N–H and O–H groups in total. The third kappa shape index (κ3) is 5.17. The van der Waals surface area contributed by atoms with Gasteiger partial charge in [0, 0.05) is 36.8 Å². The molecule has 1 aliphatic rings. The highest BCUT2D eigenvalue weighted by Gasteiger charge is 2.40. The van der Waals surface area contributed by atoms with Crippen LogP contribution in [0.1, 0.15) is 57.9 Å². The van der Waals surface area contributed by atoms with Crippen LogP contribution in [0.2, 0.25) is 0 Å². The first-order valence-corrected chi connectivity index (χ1v) is 9.47. The molecule has 0 bridgehead atoms. The Morgan fingerprint density at radius 2 is 1.94 bits per heavy atom. The Balaban J connectivity index is 1.90. The van der Waals surface area contributed by atoms with Crippen LogP contribution in [0.3, 0.4) is 0 Å². The van der Waals surface area contributed by atoms with Crippen molar-refractivity contribution in [1.29, 1.82) is 0 Å². The lowest BCUT2D eigenvalue weighted by Gasteiger charge is -2.28. The zero-order chi connectivity index (χ0) is 23.0. The lowest BCUT2D eigenvalue weighted by atomic mass is 9.87. The highest BCUT2D eigenvalue weighted by atomic mass is 19.4. The van der Waals surface area contributed by atoms with E-state index in [0.717, 1.165) is 11.6 Å². The molecule has 7 nitrogen and oxygen atoms in total. The summed E-state index contributed by atoms with van der Waals surface area (Å²) in [6.07, 6.45) is -4.08. The van der Waals surface area contributed by atoms with Crippen molar-refractivity contribution in [2.24, 2.45) is 11.7 Å². The van der Waals surface area contributed by atoms with Gasteiger partial charge in [-0.05, 0) is 37.8 Å². The number of aromatic nitrogens is 3. The van der Waals surface area contributed by atoms with Crippen LogP contribution in [-0.2, 0) is 12.7 Å². The molecule has 0 spiro atoms. The van der Waals surface area contributed by atoms with Crippen molar-refractivity contribution in [2.75, 3.05) is 5.32 Å². The molecule has 2 amide bonds. The molecule has 1 fully saturated rings. The number of primary amides is 1. The molecule has 1 saturated carbocycles. The Hall–Kier alpha value is -3.05. The monoisotopic (exact) mass is 445 g/mol. The Morgan fingerprint density at radius 3 is 2.52 bits per heavy atom. The van der Waals surface area contributed by atoms with E-state index in [0.29, 0.717) is 0 Å². The number of alkyl halides is 5. The molecule has 12 heteroatoms. The minimum atomic E-state index is -4.79. The van der Waals surface area contributed by atoms with E-state index in [-0.39, 0.29) is 60.8 Å². The number of carbonyl (C=O) groups excluding carboxylic acids is 2. The fourth-order valence-electron chi connectivity index (χ4n) is 3.60. The number of hydrogen-bond acceptors (Lipinski definition) is 4. The third-order valence-corrected chi connectivity index (χ3v) is 5.21. The highest BCUT2D eigenvalue weighted by molar-refractivity contribution is 6.04. The SMILES string of the molecule is Cc1c(C(F)(F)F)nn(CC2CCC(F)(F)CC2)c1C(=O)Nc1ccnc(C(N)=O)c1. The lowest BCUT2D eigenvalue weighted by molar-refractivity contribution is -0.142. The van der Waals surface area contributed by atoms with Crippen LogP contribution >= 0.6 is 0 Å². The minimum Gasteiger partial charge on any atom is -0.364 e. The van der Waals surface area contributed by atoms with Crippen molar-refractivity contribution in [3.63, 3.8) is 0 Å². The molecule has 3 rings (SSSR count). The van der Waals surface area contributed by atoms with Crippen LogP contribution in [0.4, 0.5) is 27.6 Å². The number of pyridine rings is 1. The second-order valence-electron chi connectivity index (χ2n) is 7.55. The van der Waals surface area contributed by atoms with Crippen molar-refractivity contribution >= 4 is 17.5 Å². The summed E-state index contributed by atoms with van der Waals surface area (Å²) in [6.45, 7) is 1.02. The molecule has 0 atom stereocenters. The fourth-order valence-corrected chi connectivity index (χ4v) is 3.60. The Kier molecular flexibility index (Phi) is 6.01. The zero-order valence-electron chi connectivity index (χ0n) is 16.5. The number of nitrogens with one attached hydrogen (secondary N) is 1. The van der Waals surface area contributed by atoms with Gasteiger partial charge in [0.15, 0.2) is 5.69 Å². The summed E-state index contributed by atoms with van der Waals surface area (Å²) in [5, 5.41) is 5.99. The van der Waals surface area contributed by atoms with Gasteiger partial charge in [0.25, 0.3) is 11.8 Å². The normalized spacial score (nSPS) is 16.8. The Labute approximate surface area is 173 Å². The van der Waals surface area contributed by atoms with Gasteiger partial charge in [-0.15, -0.1) is 0 Å². The van der Waals surface area contributed by atoms with Crippen molar-refractivity contribution in [2.45, 2.75) is 51.3 Å². The maximum atomic E-state index is 13.4. The molecular formula is C19H20F5N5O2. The fraction of sp³-hybridized carbons (Fsp3) is 0.474. The van der Waals surface area contributed by atoms with E-state index < -0.39 is 29.6 Å². The molecule has 0 radical (unpaired) electrons. The van der Waals surface area contributed by atoms with Crippen LogP contribution in [-0.4, -0.2) is 32.5 Å².